The van der Waals surface area contributed by atoms with E-state index in [0.29, 0.717) is 5.69 Å². The SMILES string of the molecule is Cn1cc(-n2cc(C(=O)C(F)(F)F)nn2)cn1. The Bertz CT molecular complexity index is 556. The topological polar surface area (TPSA) is 65.6 Å². The minimum atomic E-state index is -4.95. The first-order valence-electron chi connectivity index (χ1n) is 4.41. The van der Waals surface area contributed by atoms with Crippen LogP contribution in [0.1, 0.15) is 10.5 Å². The van der Waals surface area contributed by atoms with E-state index in [0.717, 1.165) is 10.9 Å². The lowest BCUT2D eigenvalue weighted by Crippen LogP contribution is -2.23. The molecule has 0 bridgehead atoms. The lowest BCUT2D eigenvalue weighted by molar-refractivity contribution is -0.0888. The van der Waals surface area contributed by atoms with Gasteiger partial charge in [0.2, 0.25) is 0 Å². The number of nitrogens with zero attached hydrogens (tertiary/aromatic N) is 5. The van der Waals surface area contributed by atoms with Crippen LogP contribution in [0.25, 0.3) is 5.69 Å². The van der Waals surface area contributed by atoms with Gasteiger partial charge in [-0.25, -0.2) is 4.68 Å². The number of aromatic nitrogens is 5. The molecule has 0 atom stereocenters. The van der Waals surface area contributed by atoms with E-state index in [4.69, 9.17) is 0 Å². The second-order valence-electron chi connectivity index (χ2n) is 3.25. The highest BCUT2D eigenvalue weighted by atomic mass is 19.4. The number of rotatable bonds is 2. The fourth-order valence-electron chi connectivity index (χ4n) is 1.17. The maximum absolute atomic E-state index is 12.1. The fraction of sp³-hybridized carbons (Fsp3) is 0.250. The van der Waals surface area contributed by atoms with Gasteiger partial charge in [0.15, 0.2) is 5.69 Å². The maximum atomic E-state index is 12.1. The van der Waals surface area contributed by atoms with Crippen molar-refractivity contribution in [1.29, 1.82) is 0 Å². The molecule has 0 aliphatic heterocycles. The van der Waals surface area contributed by atoms with Crippen molar-refractivity contribution in [1.82, 2.24) is 24.8 Å². The van der Waals surface area contributed by atoms with Gasteiger partial charge in [-0.1, -0.05) is 5.21 Å². The highest BCUT2D eigenvalue weighted by Crippen LogP contribution is 2.20. The summed E-state index contributed by atoms with van der Waals surface area (Å²) in [6, 6.07) is 0. The molecular weight excluding hydrogens is 239 g/mol. The van der Waals surface area contributed by atoms with Crippen LogP contribution in [-0.2, 0) is 7.05 Å². The summed E-state index contributed by atoms with van der Waals surface area (Å²) in [6.45, 7) is 0. The highest BCUT2D eigenvalue weighted by Gasteiger charge is 2.41. The quantitative estimate of drug-likeness (QED) is 0.732. The van der Waals surface area contributed by atoms with Crippen molar-refractivity contribution in [3.05, 3.63) is 24.3 Å². The fourth-order valence-corrected chi connectivity index (χ4v) is 1.17. The Morgan fingerprint density at radius 3 is 2.59 bits per heavy atom. The zero-order valence-corrected chi connectivity index (χ0v) is 8.51. The van der Waals surface area contributed by atoms with Gasteiger partial charge in [0.1, 0.15) is 5.69 Å². The first-order chi connectivity index (χ1) is 7.88. The first-order valence-corrected chi connectivity index (χ1v) is 4.41. The Labute approximate surface area is 92.6 Å². The highest BCUT2D eigenvalue weighted by molar-refractivity contribution is 5.98. The van der Waals surface area contributed by atoms with Crippen LogP contribution in [0, 0.1) is 0 Å². The number of hydrogen-bond donors (Lipinski definition) is 0. The lowest BCUT2D eigenvalue weighted by atomic mass is 10.3. The van der Waals surface area contributed by atoms with Gasteiger partial charge in [0.25, 0.3) is 5.78 Å². The second kappa shape index (κ2) is 3.68. The molecular formula is C8H6F3N5O. The summed E-state index contributed by atoms with van der Waals surface area (Å²) in [5, 5.41) is 10.4. The Hall–Kier alpha value is -2.19. The van der Waals surface area contributed by atoms with Crippen molar-refractivity contribution in [3.8, 4) is 5.69 Å². The molecule has 2 rings (SSSR count). The molecule has 2 heterocycles. The molecule has 90 valence electrons. The summed E-state index contributed by atoms with van der Waals surface area (Å²) in [6.07, 6.45) is -1.13. The Morgan fingerprint density at radius 2 is 2.06 bits per heavy atom. The smallest absolute Gasteiger partial charge is 0.282 e. The van der Waals surface area contributed by atoms with Crippen molar-refractivity contribution in [2.75, 3.05) is 0 Å². The van der Waals surface area contributed by atoms with Gasteiger partial charge in [0, 0.05) is 7.05 Å². The summed E-state index contributed by atoms with van der Waals surface area (Å²) in [4.78, 5) is 10.9. The van der Waals surface area contributed by atoms with Crippen LogP contribution in [0.15, 0.2) is 18.6 Å². The van der Waals surface area contributed by atoms with E-state index in [1.54, 1.807) is 7.05 Å². The van der Waals surface area contributed by atoms with Crippen LogP contribution in [0.3, 0.4) is 0 Å². The van der Waals surface area contributed by atoms with E-state index < -0.39 is 17.7 Å². The van der Waals surface area contributed by atoms with Crippen molar-refractivity contribution >= 4 is 5.78 Å². The van der Waals surface area contributed by atoms with Crippen molar-refractivity contribution in [2.24, 2.45) is 7.05 Å². The molecule has 0 N–H and O–H groups in total. The predicted molar refractivity (Wildman–Crippen MR) is 48.5 cm³/mol. The van der Waals surface area contributed by atoms with Crippen LogP contribution in [0.4, 0.5) is 13.2 Å². The molecule has 9 heteroatoms. The molecule has 0 aromatic carbocycles. The standard InChI is InChI=1S/C8H6F3N5O/c1-15-3-5(2-12-15)16-4-6(13-14-16)7(17)8(9,10)11/h2-4H,1H3. The number of aryl methyl sites for hydroxylation is 1. The third-order valence-corrected chi connectivity index (χ3v) is 1.94. The molecule has 0 spiro atoms. The third-order valence-electron chi connectivity index (χ3n) is 1.94. The van der Waals surface area contributed by atoms with Gasteiger partial charge >= 0.3 is 6.18 Å². The number of Topliss-reactive ketones (excluding diaryl/α,β-unsaturated/α-hetero) is 1. The summed E-state index contributed by atoms with van der Waals surface area (Å²) >= 11 is 0. The van der Waals surface area contributed by atoms with Gasteiger partial charge in [-0.15, -0.1) is 5.10 Å². The van der Waals surface area contributed by atoms with Crippen molar-refractivity contribution in [3.63, 3.8) is 0 Å². The number of carbonyl (C=O) groups excluding carboxylic acids is 1. The molecule has 17 heavy (non-hydrogen) atoms. The Kier molecular flexibility index (Phi) is 2.45. The van der Waals surface area contributed by atoms with E-state index in [-0.39, 0.29) is 0 Å². The molecule has 6 nitrogen and oxygen atoms in total. The van der Waals surface area contributed by atoms with Crippen LogP contribution in [0.5, 0.6) is 0 Å². The maximum Gasteiger partial charge on any atom is 0.456 e. The number of carbonyl (C=O) groups is 1. The van der Waals surface area contributed by atoms with Gasteiger partial charge in [0.05, 0.1) is 18.6 Å². The Morgan fingerprint density at radius 1 is 1.35 bits per heavy atom. The van der Waals surface area contributed by atoms with Gasteiger partial charge in [-0.05, 0) is 0 Å². The van der Waals surface area contributed by atoms with Crippen molar-refractivity contribution in [2.45, 2.75) is 6.18 Å². The van der Waals surface area contributed by atoms with Crippen LogP contribution in [-0.4, -0.2) is 36.7 Å². The van der Waals surface area contributed by atoms with Crippen LogP contribution in [0.2, 0.25) is 0 Å². The van der Waals surface area contributed by atoms with Crippen LogP contribution >= 0.6 is 0 Å². The normalized spacial score (nSPS) is 11.8. The predicted octanol–water partition coefficient (Wildman–Crippen LogP) is 0.746. The molecule has 0 saturated carbocycles. The molecule has 2 aromatic heterocycles. The van der Waals surface area contributed by atoms with E-state index in [9.17, 15) is 18.0 Å². The largest absolute Gasteiger partial charge is 0.456 e. The average molecular weight is 245 g/mol. The number of alkyl halides is 3. The van der Waals surface area contributed by atoms with E-state index >= 15 is 0 Å². The molecule has 0 radical (unpaired) electrons. The zero-order valence-electron chi connectivity index (χ0n) is 8.51. The third kappa shape index (κ3) is 2.17. The average Bonchev–Trinajstić information content (AvgIpc) is 2.83. The van der Waals surface area contributed by atoms with E-state index in [1.807, 2.05) is 0 Å². The van der Waals surface area contributed by atoms with Gasteiger partial charge in [-0.3, -0.25) is 9.48 Å². The zero-order chi connectivity index (χ0) is 12.6. The summed E-state index contributed by atoms with van der Waals surface area (Å²) in [5.41, 5.74) is -0.331. The lowest BCUT2D eigenvalue weighted by Gasteiger charge is -1.99. The first kappa shape index (κ1) is 11.3. The summed E-state index contributed by atoms with van der Waals surface area (Å²) in [5.74, 6) is -2.02. The number of hydrogen-bond acceptors (Lipinski definition) is 4. The second-order valence-corrected chi connectivity index (χ2v) is 3.25. The molecule has 0 aliphatic rings. The minimum Gasteiger partial charge on any atom is -0.282 e. The minimum absolute atomic E-state index is 0.418. The van der Waals surface area contributed by atoms with Crippen molar-refractivity contribution < 1.29 is 18.0 Å². The molecule has 0 saturated heterocycles. The van der Waals surface area contributed by atoms with E-state index in [1.165, 1.54) is 17.1 Å². The van der Waals surface area contributed by atoms with Gasteiger partial charge in [-0.2, -0.15) is 18.3 Å². The molecule has 2 aromatic rings. The van der Waals surface area contributed by atoms with E-state index in [2.05, 4.69) is 15.4 Å². The van der Waals surface area contributed by atoms with Gasteiger partial charge < -0.3 is 0 Å². The molecule has 0 amide bonds. The van der Waals surface area contributed by atoms with Crippen LogP contribution < -0.4 is 0 Å². The Balaban J connectivity index is 2.31. The number of halogens is 3. The molecule has 0 unspecified atom stereocenters. The number of ketones is 1. The monoisotopic (exact) mass is 245 g/mol. The molecule has 0 fully saturated rings. The summed E-state index contributed by atoms with van der Waals surface area (Å²) < 4.78 is 38.8. The molecule has 0 aliphatic carbocycles. The summed E-state index contributed by atoms with van der Waals surface area (Å²) in [7, 11) is 1.64.